The SMILES string of the molecule is CCc1ccc(CCNC(=O)c2ccc3c(c2)OCO3)cc1. The third-order valence-corrected chi connectivity index (χ3v) is 3.77. The lowest BCUT2D eigenvalue weighted by molar-refractivity contribution is 0.0953. The Bertz CT molecular complexity index is 665. The number of carbonyl (C=O) groups excluding carboxylic acids is 1. The molecule has 1 amide bonds. The van der Waals surface area contributed by atoms with Gasteiger partial charge in [0.15, 0.2) is 11.5 Å². The lowest BCUT2D eigenvalue weighted by Crippen LogP contribution is -2.25. The van der Waals surface area contributed by atoms with Crippen molar-refractivity contribution in [2.75, 3.05) is 13.3 Å². The van der Waals surface area contributed by atoms with E-state index in [-0.39, 0.29) is 12.7 Å². The second kappa shape index (κ2) is 6.52. The summed E-state index contributed by atoms with van der Waals surface area (Å²) in [5, 5.41) is 2.93. The van der Waals surface area contributed by atoms with Gasteiger partial charge in [0.1, 0.15) is 0 Å². The van der Waals surface area contributed by atoms with E-state index in [4.69, 9.17) is 9.47 Å². The van der Waals surface area contributed by atoms with Crippen molar-refractivity contribution in [3.63, 3.8) is 0 Å². The monoisotopic (exact) mass is 297 g/mol. The van der Waals surface area contributed by atoms with Crippen molar-refractivity contribution in [2.45, 2.75) is 19.8 Å². The number of carbonyl (C=O) groups is 1. The van der Waals surface area contributed by atoms with E-state index >= 15 is 0 Å². The van der Waals surface area contributed by atoms with E-state index in [1.54, 1.807) is 18.2 Å². The van der Waals surface area contributed by atoms with Crippen LogP contribution >= 0.6 is 0 Å². The highest BCUT2D eigenvalue weighted by molar-refractivity contribution is 5.94. The summed E-state index contributed by atoms with van der Waals surface area (Å²) in [5.74, 6) is 1.22. The first-order valence-electron chi connectivity index (χ1n) is 7.52. The summed E-state index contributed by atoms with van der Waals surface area (Å²) in [6, 6.07) is 13.7. The van der Waals surface area contributed by atoms with E-state index < -0.39 is 0 Å². The largest absolute Gasteiger partial charge is 0.454 e. The molecule has 0 atom stereocenters. The highest BCUT2D eigenvalue weighted by Gasteiger charge is 2.15. The van der Waals surface area contributed by atoms with Crippen LogP contribution in [0.3, 0.4) is 0 Å². The number of hydrogen-bond donors (Lipinski definition) is 1. The second-order valence-electron chi connectivity index (χ2n) is 5.24. The van der Waals surface area contributed by atoms with Crippen LogP contribution in [-0.4, -0.2) is 19.2 Å². The fraction of sp³-hybridized carbons (Fsp3) is 0.278. The van der Waals surface area contributed by atoms with Crippen LogP contribution in [0.4, 0.5) is 0 Å². The minimum Gasteiger partial charge on any atom is -0.454 e. The van der Waals surface area contributed by atoms with E-state index in [1.807, 2.05) is 0 Å². The Kier molecular flexibility index (Phi) is 4.28. The molecule has 0 saturated carbocycles. The number of nitrogens with one attached hydrogen (secondary N) is 1. The molecule has 1 aliphatic heterocycles. The number of fused-ring (bicyclic) bond motifs is 1. The van der Waals surface area contributed by atoms with Gasteiger partial charge in [-0.2, -0.15) is 0 Å². The second-order valence-corrected chi connectivity index (χ2v) is 5.24. The average molecular weight is 297 g/mol. The molecule has 2 aromatic rings. The smallest absolute Gasteiger partial charge is 0.251 e. The highest BCUT2D eigenvalue weighted by Crippen LogP contribution is 2.32. The molecule has 0 aromatic heterocycles. The van der Waals surface area contributed by atoms with Gasteiger partial charge in [0, 0.05) is 12.1 Å². The molecule has 4 nitrogen and oxygen atoms in total. The Morgan fingerprint density at radius 2 is 1.77 bits per heavy atom. The molecule has 0 bridgehead atoms. The third kappa shape index (κ3) is 3.22. The molecule has 4 heteroatoms. The van der Waals surface area contributed by atoms with Gasteiger partial charge in [-0.05, 0) is 42.2 Å². The van der Waals surface area contributed by atoms with E-state index in [2.05, 4.69) is 36.5 Å². The van der Waals surface area contributed by atoms with Crippen LogP contribution in [0, 0.1) is 0 Å². The molecule has 0 spiro atoms. The summed E-state index contributed by atoms with van der Waals surface area (Å²) < 4.78 is 10.5. The Balaban J connectivity index is 1.53. The Labute approximate surface area is 130 Å². The summed E-state index contributed by atoms with van der Waals surface area (Å²) in [6.07, 6.45) is 1.86. The van der Waals surface area contributed by atoms with Crippen LogP contribution in [0.25, 0.3) is 0 Å². The van der Waals surface area contributed by atoms with Crippen LogP contribution in [0.5, 0.6) is 11.5 Å². The van der Waals surface area contributed by atoms with Crippen molar-refractivity contribution in [2.24, 2.45) is 0 Å². The van der Waals surface area contributed by atoms with Crippen LogP contribution in [0.15, 0.2) is 42.5 Å². The van der Waals surface area contributed by atoms with Gasteiger partial charge in [-0.25, -0.2) is 0 Å². The number of aryl methyl sites for hydroxylation is 1. The molecular weight excluding hydrogens is 278 g/mol. The molecule has 0 saturated heterocycles. The maximum Gasteiger partial charge on any atom is 0.251 e. The molecule has 114 valence electrons. The molecule has 1 aliphatic rings. The lowest BCUT2D eigenvalue weighted by Gasteiger charge is -2.07. The normalized spacial score (nSPS) is 12.2. The van der Waals surface area contributed by atoms with Gasteiger partial charge in [-0.1, -0.05) is 31.2 Å². The van der Waals surface area contributed by atoms with Crippen molar-refractivity contribution >= 4 is 5.91 Å². The van der Waals surface area contributed by atoms with Crippen LogP contribution < -0.4 is 14.8 Å². The number of benzene rings is 2. The number of ether oxygens (including phenoxy) is 2. The molecule has 3 rings (SSSR count). The molecule has 0 unspecified atom stereocenters. The summed E-state index contributed by atoms with van der Waals surface area (Å²) in [7, 11) is 0. The number of hydrogen-bond acceptors (Lipinski definition) is 3. The first kappa shape index (κ1) is 14.4. The van der Waals surface area contributed by atoms with Gasteiger partial charge in [0.25, 0.3) is 5.91 Å². The molecule has 1 heterocycles. The Morgan fingerprint density at radius 1 is 1.05 bits per heavy atom. The van der Waals surface area contributed by atoms with Gasteiger partial charge in [-0.15, -0.1) is 0 Å². The standard InChI is InChI=1S/C18H19NO3/c1-2-13-3-5-14(6-4-13)9-10-19-18(20)15-7-8-16-17(11-15)22-12-21-16/h3-8,11H,2,9-10,12H2,1H3,(H,19,20). The maximum atomic E-state index is 12.1. The molecule has 0 aliphatic carbocycles. The van der Waals surface area contributed by atoms with Gasteiger partial charge in [0.05, 0.1) is 0 Å². The molecular formula is C18H19NO3. The zero-order valence-corrected chi connectivity index (χ0v) is 12.6. The fourth-order valence-electron chi connectivity index (χ4n) is 2.40. The number of rotatable bonds is 5. The van der Waals surface area contributed by atoms with Crippen molar-refractivity contribution in [1.82, 2.24) is 5.32 Å². The van der Waals surface area contributed by atoms with Crippen molar-refractivity contribution in [1.29, 1.82) is 0 Å². The first-order chi connectivity index (χ1) is 10.8. The Hall–Kier alpha value is -2.49. The van der Waals surface area contributed by atoms with Crippen molar-refractivity contribution in [3.8, 4) is 11.5 Å². The quantitative estimate of drug-likeness (QED) is 0.923. The highest BCUT2D eigenvalue weighted by atomic mass is 16.7. The van der Waals surface area contributed by atoms with Crippen molar-refractivity contribution < 1.29 is 14.3 Å². The minimum absolute atomic E-state index is 0.0940. The summed E-state index contributed by atoms with van der Waals surface area (Å²) >= 11 is 0. The van der Waals surface area contributed by atoms with Crippen LogP contribution in [0.1, 0.15) is 28.4 Å². The van der Waals surface area contributed by atoms with E-state index in [9.17, 15) is 4.79 Å². The van der Waals surface area contributed by atoms with E-state index in [0.29, 0.717) is 23.6 Å². The third-order valence-electron chi connectivity index (χ3n) is 3.77. The summed E-state index contributed by atoms with van der Waals surface area (Å²) in [6.45, 7) is 2.97. The van der Waals surface area contributed by atoms with E-state index in [0.717, 1.165) is 12.8 Å². The molecule has 2 aromatic carbocycles. The molecule has 0 fully saturated rings. The zero-order chi connectivity index (χ0) is 15.4. The zero-order valence-electron chi connectivity index (χ0n) is 12.6. The fourth-order valence-corrected chi connectivity index (χ4v) is 2.40. The van der Waals surface area contributed by atoms with Crippen LogP contribution in [0.2, 0.25) is 0 Å². The predicted molar refractivity (Wildman–Crippen MR) is 84.4 cm³/mol. The lowest BCUT2D eigenvalue weighted by atomic mass is 10.1. The topological polar surface area (TPSA) is 47.6 Å². The van der Waals surface area contributed by atoms with Gasteiger partial charge in [-0.3, -0.25) is 4.79 Å². The van der Waals surface area contributed by atoms with Crippen LogP contribution in [-0.2, 0) is 12.8 Å². The molecule has 1 N–H and O–H groups in total. The molecule has 22 heavy (non-hydrogen) atoms. The summed E-state index contributed by atoms with van der Waals surface area (Å²) in [4.78, 5) is 12.1. The predicted octanol–water partition coefficient (Wildman–Crippen LogP) is 2.95. The molecule has 0 radical (unpaired) electrons. The van der Waals surface area contributed by atoms with Crippen molar-refractivity contribution in [3.05, 3.63) is 59.2 Å². The Morgan fingerprint density at radius 3 is 2.55 bits per heavy atom. The maximum absolute atomic E-state index is 12.1. The van der Waals surface area contributed by atoms with Gasteiger partial charge >= 0.3 is 0 Å². The average Bonchev–Trinajstić information content (AvgIpc) is 3.03. The van der Waals surface area contributed by atoms with E-state index in [1.165, 1.54) is 11.1 Å². The van der Waals surface area contributed by atoms with Gasteiger partial charge in [0.2, 0.25) is 6.79 Å². The number of amides is 1. The summed E-state index contributed by atoms with van der Waals surface area (Å²) in [5.41, 5.74) is 3.14. The van der Waals surface area contributed by atoms with Gasteiger partial charge < -0.3 is 14.8 Å². The first-order valence-corrected chi connectivity index (χ1v) is 7.52. The minimum atomic E-state index is -0.0940.